The van der Waals surface area contributed by atoms with Crippen molar-refractivity contribution in [1.82, 2.24) is 4.98 Å². The van der Waals surface area contributed by atoms with Gasteiger partial charge in [-0.25, -0.2) is 4.79 Å². The van der Waals surface area contributed by atoms with E-state index in [1.807, 2.05) is 40.7 Å². The summed E-state index contributed by atoms with van der Waals surface area (Å²) in [5.41, 5.74) is 1.14. The summed E-state index contributed by atoms with van der Waals surface area (Å²) in [6, 6.07) is 1.92. The van der Waals surface area contributed by atoms with Crippen LogP contribution in [0.2, 0.25) is 0 Å². The van der Waals surface area contributed by atoms with E-state index in [1.54, 1.807) is 12.4 Å². The van der Waals surface area contributed by atoms with Crippen molar-refractivity contribution in [1.29, 1.82) is 0 Å². The second-order valence-electron chi connectivity index (χ2n) is 7.46. The van der Waals surface area contributed by atoms with E-state index in [-0.39, 0.29) is 17.8 Å². The largest absolute Gasteiger partial charge is 0.444 e. The minimum absolute atomic E-state index is 0.0475. The van der Waals surface area contributed by atoms with Gasteiger partial charge in [-0.3, -0.25) is 15.1 Å². The molecule has 0 aromatic carbocycles. The highest BCUT2D eigenvalue weighted by Gasteiger charge is 2.33. The fourth-order valence-electron chi connectivity index (χ4n) is 3.20. The molecule has 1 N–H and O–H groups in total. The van der Waals surface area contributed by atoms with Crippen LogP contribution in [0.5, 0.6) is 0 Å². The lowest BCUT2D eigenvalue weighted by atomic mass is 9.73. The number of hydrogen-bond donors (Lipinski definition) is 1. The van der Waals surface area contributed by atoms with Crippen LogP contribution in [0.1, 0.15) is 58.9 Å². The number of nitrogens with one attached hydrogen (secondary N) is 1. The zero-order valence-electron chi connectivity index (χ0n) is 14.6. The first-order chi connectivity index (χ1) is 10.7. The van der Waals surface area contributed by atoms with Gasteiger partial charge in [0.25, 0.3) is 0 Å². The van der Waals surface area contributed by atoms with Gasteiger partial charge in [0.05, 0.1) is 11.9 Å². The maximum atomic E-state index is 12.0. The Morgan fingerprint density at radius 1 is 1.26 bits per heavy atom. The van der Waals surface area contributed by atoms with Crippen molar-refractivity contribution >= 4 is 17.6 Å². The van der Waals surface area contributed by atoms with Crippen molar-refractivity contribution in [3.05, 3.63) is 24.0 Å². The zero-order valence-corrected chi connectivity index (χ0v) is 14.6. The van der Waals surface area contributed by atoms with Crippen LogP contribution in [0.4, 0.5) is 10.5 Å². The highest BCUT2D eigenvalue weighted by molar-refractivity contribution is 5.86. The molecule has 1 fully saturated rings. The number of anilines is 1. The number of rotatable bonds is 2. The Hall–Kier alpha value is -1.91. The number of carbonyl (C=O) groups is 2. The molecule has 0 aliphatic heterocycles. The lowest BCUT2D eigenvalue weighted by Crippen LogP contribution is -2.30. The van der Waals surface area contributed by atoms with Crippen molar-refractivity contribution in [2.75, 3.05) is 5.32 Å². The topological polar surface area (TPSA) is 68.3 Å². The summed E-state index contributed by atoms with van der Waals surface area (Å²) in [5, 5.41) is 2.80. The van der Waals surface area contributed by atoms with E-state index in [0.29, 0.717) is 11.5 Å². The second kappa shape index (κ2) is 6.69. The van der Waals surface area contributed by atoms with Crippen molar-refractivity contribution in [3.8, 4) is 0 Å². The maximum absolute atomic E-state index is 12.0. The number of pyridine rings is 1. The monoisotopic (exact) mass is 318 g/mol. The average Bonchev–Trinajstić information content (AvgIpc) is 2.42. The summed E-state index contributed by atoms with van der Waals surface area (Å²) in [7, 11) is 0. The molecule has 0 bridgehead atoms. The summed E-state index contributed by atoms with van der Waals surface area (Å²) in [4.78, 5) is 28.2. The minimum atomic E-state index is -0.549. The van der Waals surface area contributed by atoms with Gasteiger partial charge in [-0.15, -0.1) is 0 Å². The number of ketones is 1. The van der Waals surface area contributed by atoms with E-state index in [0.717, 1.165) is 18.4 Å². The third-order valence-corrected chi connectivity index (χ3v) is 4.18. The molecule has 1 saturated carbocycles. The van der Waals surface area contributed by atoms with Crippen LogP contribution in [0, 0.1) is 11.8 Å². The number of nitrogens with zero attached hydrogens (tertiary/aromatic N) is 1. The molecule has 0 spiro atoms. The first kappa shape index (κ1) is 17.4. The zero-order chi connectivity index (χ0) is 17.2. The van der Waals surface area contributed by atoms with Crippen LogP contribution >= 0.6 is 0 Å². The van der Waals surface area contributed by atoms with Gasteiger partial charge in [0.2, 0.25) is 0 Å². The van der Waals surface area contributed by atoms with Gasteiger partial charge in [-0.1, -0.05) is 13.8 Å². The Labute approximate surface area is 137 Å². The van der Waals surface area contributed by atoms with Gasteiger partial charge in [0.15, 0.2) is 0 Å². The van der Waals surface area contributed by atoms with Crippen molar-refractivity contribution in [2.45, 2.75) is 59.0 Å². The van der Waals surface area contributed by atoms with Crippen LogP contribution in [0.3, 0.4) is 0 Å². The van der Waals surface area contributed by atoms with Crippen LogP contribution < -0.4 is 5.32 Å². The summed E-state index contributed by atoms with van der Waals surface area (Å²) >= 11 is 0. The molecule has 126 valence electrons. The molecule has 0 saturated heterocycles. The van der Waals surface area contributed by atoms with Gasteiger partial charge in [0.1, 0.15) is 11.4 Å². The summed E-state index contributed by atoms with van der Waals surface area (Å²) in [6.45, 7) is 9.44. The smallest absolute Gasteiger partial charge is 0.412 e. The molecular weight excluding hydrogens is 292 g/mol. The van der Waals surface area contributed by atoms with Crippen LogP contribution in [-0.2, 0) is 9.53 Å². The average molecular weight is 318 g/mol. The third kappa shape index (κ3) is 4.53. The molecule has 2 rings (SSSR count). The highest BCUT2D eigenvalue weighted by atomic mass is 16.6. The molecule has 3 atom stereocenters. The lowest BCUT2D eigenvalue weighted by molar-refractivity contribution is -0.128. The predicted octanol–water partition coefficient (Wildman–Crippen LogP) is 4.15. The first-order valence-corrected chi connectivity index (χ1v) is 8.15. The normalized spacial score (nSPS) is 25.1. The van der Waals surface area contributed by atoms with Gasteiger partial charge >= 0.3 is 6.09 Å². The van der Waals surface area contributed by atoms with Crippen molar-refractivity contribution < 1.29 is 14.3 Å². The number of aromatic nitrogens is 1. The summed E-state index contributed by atoms with van der Waals surface area (Å²) in [6.07, 6.45) is 4.48. The lowest BCUT2D eigenvalue weighted by Gasteiger charge is -2.31. The fraction of sp³-hybridized carbons (Fsp3) is 0.611. The Balaban J connectivity index is 2.18. The first-order valence-electron chi connectivity index (χ1n) is 8.15. The van der Waals surface area contributed by atoms with E-state index in [9.17, 15) is 9.59 Å². The van der Waals surface area contributed by atoms with Gasteiger partial charge in [-0.05, 0) is 51.2 Å². The highest BCUT2D eigenvalue weighted by Crippen LogP contribution is 2.39. The van der Waals surface area contributed by atoms with E-state index in [1.165, 1.54) is 0 Å². The second-order valence-corrected chi connectivity index (χ2v) is 7.46. The molecule has 0 radical (unpaired) electrons. The Kier molecular flexibility index (Phi) is 5.07. The number of carbonyl (C=O) groups excluding carboxylic acids is 2. The number of ether oxygens (including phenoxy) is 1. The van der Waals surface area contributed by atoms with Gasteiger partial charge in [0, 0.05) is 18.0 Å². The molecule has 1 heterocycles. The standard InChI is InChI=1S/C18H26N2O3/c1-11-8-13(9-12(2)16(11)21)14-6-7-19-10-15(14)20-17(22)23-18(3,4)5/h6-7,10-13H,8-9H2,1-5H3,(H,20,22)/t11-,12+,13+. The van der Waals surface area contributed by atoms with Crippen LogP contribution in [0.15, 0.2) is 18.5 Å². The third-order valence-electron chi connectivity index (χ3n) is 4.18. The molecular formula is C18H26N2O3. The molecule has 5 nitrogen and oxygen atoms in total. The van der Waals surface area contributed by atoms with Crippen LogP contribution in [-0.4, -0.2) is 22.5 Å². The van der Waals surface area contributed by atoms with Gasteiger partial charge < -0.3 is 4.74 Å². The summed E-state index contributed by atoms with van der Waals surface area (Å²) in [5.74, 6) is 0.667. The number of amides is 1. The van der Waals surface area contributed by atoms with E-state index < -0.39 is 11.7 Å². The number of Topliss-reactive ketones (excluding diaryl/α,β-unsaturated/α-hetero) is 1. The SMILES string of the molecule is C[C@@H]1C[C@H](c2ccncc2NC(=O)OC(C)(C)C)C[C@H](C)C1=O. The molecule has 5 heteroatoms. The minimum Gasteiger partial charge on any atom is -0.444 e. The Bertz CT molecular complexity index is 578. The maximum Gasteiger partial charge on any atom is 0.412 e. The van der Waals surface area contributed by atoms with Gasteiger partial charge in [-0.2, -0.15) is 0 Å². The summed E-state index contributed by atoms with van der Waals surface area (Å²) < 4.78 is 5.31. The quantitative estimate of drug-likeness (QED) is 0.889. The molecule has 1 aliphatic rings. The molecule has 1 aromatic rings. The Morgan fingerprint density at radius 3 is 2.43 bits per heavy atom. The molecule has 23 heavy (non-hydrogen) atoms. The molecule has 0 unspecified atom stereocenters. The number of hydrogen-bond acceptors (Lipinski definition) is 4. The van der Waals surface area contributed by atoms with Crippen molar-refractivity contribution in [3.63, 3.8) is 0 Å². The van der Waals surface area contributed by atoms with E-state index in [4.69, 9.17) is 4.74 Å². The molecule has 1 amide bonds. The van der Waals surface area contributed by atoms with Crippen molar-refractivity contribution in [2.24, 2.45) is 11.8 Å². The predicted molar refractivity (Wildman–Crippen MR) is 89.4 cm³/mol. The van der Waals surface area contributed by atoms with E-state index in [2.05, 4.69) is 10.3 Å². The van der Waals surface area contributed by atoms with Crippen LogP contribution in [0.25, 0.3) is 0 Å². The van der Waals surface area contributed by atoms with E-state index >= 15 is 0 Å². The molecule has 1 aliphatic carbocycles. The fourth-order valence-corrected chi connectivity index (χ4v) is 3.20. The Morgan fingerprint density at radius 2 is 1.87 bits per heavy atom. The molecule has 1 aromatic heterocycles.